The van der Waals surface area contributed by atoms with Crippen molar-refractivity contribution in [1.82, 2.24) is 0 Å². The maximum absolute atomic E-state index is 6.24. The predicted octanol–water partition coefficient (Wildman–Crippen LogP) is 5.57. The molecule has 0 spiro atoms. The highest BCUT2D eigenvalue weighted by Crippen LogP contribution is 2.29. The maximum atomic E-state index is 6.24. The molecule has 0 saturated heterocycles. The lowest BCUT2D eigenvalue weighted by Gasteiger charge is -2.20. The van der Waals surface area contributed by atoms with Crippen LogP contribution in [0.4, 0.5) is 11.4 Å². The van der Waals surface area contributed by atoms with E-state index in [0.29, 0.717) is 15.1 Å². The molecule has 0 amide bonds. The Morgan fingerprint density at radius 1 is 0.870 bits per heavy atom. The van der Waals surface area contributed by atoms with Crippen molar-refractivity contribution in [1.29, 1.82) is 0 Å². The SMILES string of the molecule is C/C(=N/N(C)c1ccc(Cl)cc1Cl)c1cc(Cl)ccc1N(C)C. The van der Waals surface area contributed by atoms with E-state index >= 15 is 0 Å². The van der Waals surface area contributed by atoms with E-state index in [2.05, 4.69) is 5.10 Å². The van der Waals surface area contributed by atoms with Crippen LogP contribution in [0.3, 0.4) is 0 Å². The van der Waals surface area contributed by atoms with E-state index < -0.39 is 0 Å². The number of hydrazone groups is 1. The molecule has 6 heteroatoms. The van der Waals surface area contributed by atoms with Crippen molar-refractivity contribution in [2.75, 3.05) is 31.1 Å². The van der Waals surface area contributed by atoms with Gasteiger partial charge in [0.05, 0.1) is 16.4 Å². The number of hydrogen-bond donors (Lipinski definition) is 0. The Hall–Kier alpha value is -1.42. The Morgan fingerprint density at radius 3 is 2.00 bits per heavy atom. The fourth-order valence-electron chi connectivity index (χ4n) is 2.26. The van der Waals surface area contributed by atoms with Crippen LogP contribution in [0.1, 0.15) is 12.5 Å². The molecule has 0 saturated carbocycles. The summed E-state index contributed by atoms with van der Waals surface area (Å²) in [5, 5.41) is 8.18. The summed E-state index contributed by atoms with van der Waals surface area (Å²) in [4.78, 5) is 2.03. The molecule has 0 fully saturated rings. The molecule has 0 heterocycles. The zero-order chi connectivity index (χ0) is 17.1. The van der Waals surface area contributed by atoms with Crippen molar-refractivity contribution >= 4 is 51.9 Å². The first-order valence-corrected chi connectivity index (χ1v) is 8.14. The normalized spacial score (nSPS) is 11.5. The third-order valence-corrected chi connectivity index (χ3v) is 4.16. The summed E-state index contributed by atoms with van der Waals surface area (Å²) in [7, 11) is 5.82. The van der Waals surface area contributed by atoms with Gasteiger partial charge in [0.2, 0.25) is 0 Å². The minimum absolute atomic E-state index is 0.551. The highest BCUT2D eigenvalue weighted by atomic mass is 35.5. The van der Waals surface area contributed by atoms with E-state index in [4.69, 9.17) is 34.8 Å². The van der Waals surface area contributed by atoms with Crippen LogP contribution in [0.5, 0.6) is 0 Å². The predicted molar refractivity (Wildman–Crippen MR) is 103 cm³/mol. The highest BCUT2D eigenvalue weighted by Gasteiger charge is 2.11. The van der Waals surface area contributed by atoms with Crippen LogP contribution in [0, 0.1) is 0 Å². The van der Waals surface area contributed by atoms with Gasteiger partial charge >= 0.3 is 0 Å². The summed E-state index contributed by atoms with van der Waals surface area (Å²) in [6, 6.07) is 11.1. The van der Waals surface area contributed by atoms with Crippen molar-refractivity contribution in [3.63, 3.8) is 0 Å². The molecule has 0 unspecified atom stereocenters. The fourth-order valence-corrected chi connectivity index (χ4v) is 2.97. The number of halogens is 3. The lowest BCUT2D eigenvalue weighted by atomic mass is 10.1. The van der Waals surface area contributed by atoms with E-state index in [0.717, 1.165) is 22.6 Å². The smallest absolute Gasteiger partial charge is 0.0777 e. The first-order valence-electron chi connectivity index (χ1n) is 7.01. The van der Waals surface area contributed by atoms with Crippen LogP contribution in [0.2, 0.25) is 15.1 Å². The Kier molecular flexibility index (Phi) is 5.79. The molecular formula is C17H18Cl3N3. The molecule has 0 N–H and O–H groups in total. The summed E-state index contributed by atoms with van der Waals surface area (Å²) in [5.41, 5.74) is 3.64. The Morgan fingerprint density at radius 2 is 1.43 bits per heavy atom. The molecule has 2 aromatic carbocycles. The highest BCUT2D eigenvalue weighted by molar-refractivity contribution is 6.36. The fraction of sp³-hybridized carbons (Fsp3) is 0.235. The zero-order valence-electron chi connectivity index (χ0n) is 13.4. The molecule has 0 aliphatic carbocycles. The van der Waals surface area contributed by atoms with Gasteiger partial charge in [0.1, 0.15) is 0 Å². The quantitative estimate of drug-likeness (QED) is 0.517. The summed E-state index contributed by atoms with van der Waals surface area (Å²) in [6.07, 6.45) is 0. The van der Waals surface area contributed by atoms with Crippen LogP contribution < -0.4 is 9.91 Å². The standard InChI is InChI=1S/C17H18Cl3N3/c1-11(14-9-12(18)5-7-16(14)22(2)3)21-23(4)17-8-6-13(19)10-15(17)20/h5-10H,1-4H3/b21-11-. The number of rotatable bonds is 4. The molecule has 0 aliphatic rings. The third kappa shape index (κ3) is 4.31. The van der Waals surface area contributed by atoms with Gasteiger partial charge in [-0.05, 0) is 43.3 Å². The Bertz CT molecular complexity index is 742. The zero-order valence-corrected chi connectivity index (χ0v) is 15.7. The number of hydrogen-bond acceptors (Lipinski definition) is 3. The summed E-state index contributed by atoms with van der Waals surface area (Å²) in [5.74, 6) is 0. The molecule has 122 valence electrons. The van der Waals surface area contributed by atoms with Gasteiger partial charge < -0.3 is 4.90 Å². The van der Waals surface area contributed by atoms with Gasteiger partial charge in [-0.3, -0.25) is 5.01 Å². The van der Waals surface area contributed by atoms with Gasteiger partial charge in [0.15, 0.2) is 0 Å². The Balaban J connectivity index is 2.41. The van der Waals surface area contributed by atoms with E-state index in [1.807, 2.05) is 57.2 Å². The molecule has 2 rings (SSSR count). The van der Waals surface area contributed by atoms with Crippen LogP contribution in [-0.4, -0.2) is 26.9 Å². The van der Waals surface area contributed by atoms with Gasteiger partial charge in [-0.25, -0.2) is 0 Å². The van der Waals surface area contributed by atoms with Crippen molar-refractivity contribution in [2.45, 2.75) is 6.92 Å². The summed E-state index contributed by atoms with van der Waals surface area (Å²) in [6.45, 7) is 1.94. The molecule has 3 nitrogen and oxygen atoms in total. The number of anilines is 2. The minimum atomic E-state index is 0.551. The van der Waals surface area contributed by atoms with Crippen molar-refractivity contribution in [3.8, 4) is 0 Å². The molecule has 0 bridgehead atoms. The molecule has 0 aliphatic heterocycles. The second-order valence-electron chi connectivity index (χ2n) is 5.36. The second-order valence-corrected chi connectivity index (χ2v) is 6.64. The lowest BCUT2D eigenvalue weighted by Crippen LogP contribution is -2.16. The Labute approximate surface area is 152 Å². The van der Waals surface area contributed by atoms with E-state index in [1.54, 1.807) is 17.1 Å². The number of benzene rings is 2. The van der Waals surface area contributed by atoms with Gasteiger partial charge in [-0.1, -0.05) is 34.8 Å². The lowest BCUT2D eigenvalue weighted by molar-refractivity contribution is 1.01. The summed E-state index contributed by atoms with van der Waals surface area (Å²) >= 11 is 18.3. The summed E-state index contributed by atoms with van der Waals surface area (Å²) < 4.78 is 0. The van der Waals surface area contributed by atoms with Gasteiger partial charge in [0.25, 0.3) is 0 Å². The maximum Gasteiger partial charge on any atom is 0.0777 e. The van der Waals surface area contributed by atoms with Crippen LogP contribution in [0.15, 0.2) is 41.5 Å². The average Bonchev–Trinajstić information content (AvgIpc) is 2.46. The van der Waals surface area contributed by atoms with Crippen LogP contribution in [0.25, 0.3) is 0 Å². The first kappa shape index (κ1) is 17.9. The van der Waals surface area contributed by atoms with Crippen molar-refractivity contribution < 1.29 is 0 Å². The van der Waals surface area contributed by atoms with E-state index in [-0.39, 0.29) is 0 Å². The third-order valence-electron chi connectivity index (χ3n) is 3.39. The molecule has 23 heavy (non-hydrogen) atoms. The number of nitrogens with zero attached hydrogens (tertiary/aromatic N) is 3. The molecule has 0 radical (unpaired) electrons. The van der Waals surface area contributed by atoms with Crippen molar-refractivity contribution in [2.24, 2.45) is 5.10 Å². The topological polar surface area (TPSA) is 18.8 Å². The molecule has 0 atom stereocenters. The minimum Gasteiger partial charge on any atom is -0.377 e. The van der Waals surface area contributed by atoms with Crippen LogP contribution >= 0.6 is 34.8 Å². The molecule has 2 aromatic rings. The molecule has 0 aromatic heterocycles. The van der Waals surface area contributed by atoms with Gasteiger partial charge in [-0.15, -0.1) is 0 Å². The van der Waals surface area contributed by atoms with E-state index in [9.17, 15) is 0 Å². The largest absolute Gasteiger partial charge is 0.377 e. The van der Waals surface area contributed by atoms with Crippen LogP contribution in [-0.2, 0) is 0 Å². The second kappa shape index (κ2) is 7.43. The first-order chi connectivity index (χ1) is 10.8. The molecular weight excluding hydrogens is 353 g/mol. The van der Waals surface area contributed by atoms with Gasteiger partial charge in [-0.2, -0.15) is 5.10 Å². The van der Waals surface area contributed by atoms with Gasteiger partial charge in [0, 0.05) is 42.4 Å². The average molecular weight is 371 g/mol. The van der Waals surface area contributed by atoms with E-state index in [1.165, 1.54) is 0 Å². The van der Waals surface area contributed by atoms with Crippen molar-refractivity contribution in [3.05, 3.63) is 57.0 Å². The monoisotopic (exact) mass is 369 g/mol.